The van der Waals surface area contributed by atoms with Gasteiger partial charge in [-0.3, -0.25) is 4.68 Å². The minimum Gasteiger partial charge on any atom is -0.334 e. The number of amides is 2. The van der Waals surface area contributed by atoms with Gasteiger partial charge in [0, 0.05) is 35.5 Å². The van der Waals surface area contributed by atoms with Gasteiger partial charge in [0.2, 0.25) is 0 Å². The first-order valence-electron chi connectivity index (χ1n) is 6.25. The third-order valence-electron chi connectivity index (χ3n) is 2.95. The van der Waals surface area contributed by atoms with Crippen LogP contribution in [0.5, 0.6) is 0 Å². The maximum absolute atomic E-state index is 11.9. The number of hydrogen-bond acceptors (Lipinski definition) is 2. The number of rotatable bonds is 3. The molecule has 5 nitrogen and oxygen atoms in total. The molecule has 0 bridgehead atoms. The molecule has 0 saturated heterocycles. The third-order valence-corrected chi connectivity index (χ3v) is 3.41. The van der Waals surface area contributed by atoms with Crippen LogP contribution in [0.4, 0.5) is 10.5 Å². The average molecular weight is 337 g/mol. The van der Waals surface area contributed by atoms with E-state index in [0.717, 1.165) is 26.9 Å². The third kappa shape index (κ3) is 3.60. The molecule has 0 unspecified atom stereocenters. The average Bonchev–Trinajstić information content (AvgIpc) is 2.77. The van der Waals surface area contributed by atoms with Gasteiger partial charge in [0.05, 0.1) is 6.20 Å². The molecule has 20 heavy (non-hydrogen) atoms. The van der Waals surface area contributed by atoms with Crippen LogP contribution in [0.15, 0.2) is 29.0 Å². The molecule has 6 heteroatoms. The van der Waals surface area contributed by atoms with E-state index in [0.29, 0.717) is 6.54 Å². The van der Waals surface area contributed by atoms with Crippen molar-refractivity contribution in [1.29, 1.82) is 0 Å². The molecule has 2 amide bonds. The summed E-state index contributed by atoms with van der Waals surface area (Å²) in [4.78, 5) is 11.9. The van der Waals surface area contributed by atoms with Gasteiger partial charge in [-0.15, -0.1) is 0 Å². The molecule has 2 rings (SSSR count). The normalized spacial score (nSPS) is 10.4. The van der Waals surface area contributed by atoms with Gasteiger partial charge in [0.1, 0.15) is 0 Å². The summed E-state index contributed by atoms with van der Waals surface area (Å²) in [5.74, 6) is 0. The molecule has 0 spiro atoms. The van der Waals surface area contributed by atoms with Crippen LogP contribution in [0.1, 0.15) is 16.7 Å². The summed E-state index contributed by atoms with van der Waals surface area (Å²) in [5, 5.41) is 9.76. The van der Waals surface area contributed by atoms with Crippen molar-refractivity contribution in [3.8, 4) is 0 Å². The highest BCUT2D eigenvalue weighted by Crippen LogP contribution is 2.24. The van der Waals surface area contributed by atoms with Crippen LogP contribution in [0.25, 0.3) is 0 Å². The molecule has 0 aliphatic carbocycles. The lowest BCUT2D eigenvalue weighted by Crippen LogP contribution is -2.28. The molecule has 1 heterocycles. The van der Waals surface area contributed by atoms with E-state index in [1.807, 2.05) is 39.2 Å². The maximum atomic E-state index is 11.9. The van der Waals surface area contributed by atoms with E-state index in [9.17, 15) is 4.79 Å². The second-order valence-electron chi connectivity index (χ2n) is 4.74. The predicted molar refractivity (Wildman–Crippen MR) is 82.7 cm³/mol. The lowest BCUT2D eigenvalue weighted by atomic mass is 10.1. The molecule has 2 N–H and O–H groups in total. The first-order valence-corrected chi connectivity index (χ1v) is 7.04. The zero-order valence-electron chi connectivity index (χ0n) is 11.7. The van der Waals surface area contributed by atoms with E-state index in [2.05, 4.69) is 31.7 Å². The molecule has 0 radical (unpaired) electrons. The zero-order valence-corrected chi connectivity index (χ0v) is 13.3. The number of aromatic nitrogens is 2. The number of anilines is 1. The van der Waals surface area contributed by atoms with Crippen molar-refractivity contribution in [2.45, 2.75) is 20.4 Å². The van der Waals surface area contributed by atoms with Crippen molar-refractivity contribution in [3.05, 3.63) is 45.7 Å². The number of urea groups is 1. The van der Waals surface area contributed by atoms with E-state index >= 15 is 0 Å². The van der Waals surface area contributed by atoms with Crippen molar-refractivity contribution >= 4 is 27.6 Å². The fourth-order valence-electron chi connectivity index (χ4n) is 2.01. The SMILES string of the molecule is Cc1cc(Br)cc(C)c1NC(=O)NCc1cnn(C)c1. The Bertz CT molecular complexity index is 613. The van der Waals surface area contributed by atoms with Gasteiger partial charge in [0.25, 0.3) is 0 Å². The monoisotopic (exact) mass is 336 g/mol. The first-order chi connectivity index (χ1) is 9.45. The summed E-state index contributed by atoms with van der Waals surface area (Å²) in [6.45, 7) is 4.39. The Morgan fingerprint density at radius 1 is 1.35 bits per heavy atom. The van der Waals surface area contributed by atoms with Crippen LogP contribution < -0.4 is 10.6 Å². The van der Waals surface area contributed by atoms with Crippen molar-refractivity contribution in [1.82, 2.24) is 15.1 Å². The molecule has 1 aromatic heterocycles. The lowest BCUT2D eigenvalue weighted by molar-refractivity contribution is 0.251. The zero-order chi connectivity index (χ0) is 14.7. The maximum Gasteiger partial charge on any atom is 0.319 e. The highest BCUT2D eigenvalue weighted by molar-refractivity contribution is 9.10. The molecule has 0 fully saturated rings. The minimum absolute atomic E-state index is 0.220. The van der Waals surface area contributed by atoms with Crippen molar-refractivity contribution in [2.24, 2.45) is 7.05 Å². The van der Waals surface area contributed by atoms with Gasteiger partial charge < -0.3 is 10.6 Å². The fourth-order valence-corrected chi connectivity index (χ4v) is 2.70. The number of hydrogen-bond donors (Lipinski definition) is 2. The van der Waals surface area contributed by atoms with Crippen molar-refractivity contribution in [3.63, 3.8) is 0 Å². The summed E-state index contributed by atoms with van der Waals surface area (Å²) in [6, 6.07) is 3.73. The molecule has 106 valence electrons. The number of benzene rings is 1. The highest BCUT2D eigenvalue weighted by atomic mass is 79.9. The van der Waals surface area contributed by atoms with Crippen molar-refractivity contribution < 1.29 is 4.79 Å². The Hall–Kier alpha value is -1.82. The Balaban J connectivity index is 1.98. The molecular weight excluding hydrogens is 320 g/mol. The molecule has 0 aliphatic heterocycles. The predicted octanol–water partition coefficient (Wildman–Crippen LogP) is 3.12. The van der Waals surface area contributed by atoms with E-state index in [1.54, 1.807) is 10.9 Å². The van der Waals surface area contributed by atoms with E-state index < -0.39 is 0 Å². The van der Waals surface area contributed by atoms with Crippen LogP contribution >= 0.6 is 15.9 Å². The standard InChI is InChI=1S/C14H17BrN4O/c1-9-4-12(15)5-10(2)13(9)18-14(20)16-6-11-7-17-19(3)8-11/h4-5,7-8H,6H2,1-3H3,(H2,16,18,20). The quantitative estimate of drug-likeness (QED) is 0.904. The summed E-state index contributed by atoms with van der Waals surface area (Å²) in [7, 11) is 1.85. The second-order valence-corrected chi connectivity index (χ2v) is 5.66. The number of nitrogens with one attached hydrogen (secondary N) is 2. The fraction of sp³-hybridized carbons (Fsp3) is 0.286. The van der Waals surface area contributed by atoms with Crippen LogP contribution in [0, 0.1) is 13.8 Å². The lowest BCUT2D eigenvalue weighted by Gasteiger charge is -2.12. The van der Waals surface area contributed by atoms with Gasteiger partial charge in [-0.1, -0.05) is 15.9 Å². The van der Waals surface area contributed by atoms with Crippen molar-refractivity contribution in [2.75, 3.05) is 5.32 Å². The number of nitrogens with zero attached hydrogens (tertiary/aromatic N) is 2. The number of aryl methyl sites for hydroxylation is 3. The molecule has 0 atom stereocenters. The van der Waals surface area contributed by atoms with Crippen LogP contribution in [-0.2, 0) is 13.6 Å². The summed E-state index contributed by atoms with van der Waals surface area (Å²) in [6.07, 6.45) is 3.60. The molecule has 0 saturated carbocycles. The summed E-state index contributed by atoms with van der Waals surface area (Å²) >= 11 is 3.44. The molecular formula is C14H17BrN4O. The minimum atomic E-state index is -0.220. The van der Waals surface area contributed by atoms with E-state index in [1.165, 1.54) is 0 Å². The first kappa shape index (κ1) is 14.6. The number of halogens is 1. The van der Waals surface area contributed by atoms with E-state index in [4.69, 9.17) is 0 Å². The van der Waals surface area contributed by atoms with Gasteiger partial charge in [-0.25, -0.2) is 4.79 Å². The molecule has 2 aromatic rings. The van der Waals surface area contributed by atoms with Gasteiger partial charge in [-0.05, 0) is 37.1 Å². The smallest absolute Gasteiger partial charge is 0.319 e. The Morgan fingerprint density at radius 2 is 2.00 bits per heavy atom. The summed E-state index contributed by atoms with van der Waals surface area (Å²) in [5.41, 5.74) is 3.85. The van der Waals surface area contributed by atoms with E-state index in [-0.39, 0.29) is 6.03 Å². The Morgan fingerprint density at radius 3 is 2.55 bits per heavy atom. The van der Waals surface area contributed by atoms with Crippen LogP contribution in [0.3, 0.4) is 0 Å². The molecule has 0 aliphatic rings. The Labute approximate surface area is 126 Å². The van der Waals surface area contributed by atoms with Crippen LogP contribution in [-0.4, -0.2) is 15.8 Å². The van der Waals surface area contributed by atoms with Gasteiger partial charge in [-0.2, -0.15) is 5.10 Å². The summed E-state index contributed by atoms with van der Waals surface area (Å²) < 4.78 is 2.71. The van der Waals surface area contributed by atoms with Gasteiger partial charge in [0.15, 0.2) is 0 Å². The highest BCUT2D eigenvalue weighted by Gasteiger charge is 2.08. The van der Waals surface area contributed by atoms with Crippen LogP contribution in [0.2, 0.25) is 0 Å². The second kappa shape index (κ2) is 6.09. The molecule has 1 aromatic carbocycles. The number of carbonyl (C=O) groups is 1. The Kier molecular flexibility index (Phi) is 4.44. The topological polar surface area (TPSA) is 59.0 Å². The van der Waals surface area contributed by atoms with Gasteiger partial charge >= 0.3 is 6.03 Å². The largest absolute Gasteiger partial charge is 0.334 e. The number of carbonyl (C=O) groups excluding carboxylic acids is 1.